The highest BCUT2D eigenvalue weighted by Gasteiger charge is 2.58. The van der Waals surface area contributed by atoms with Crippen molar-refractivity contribution in [1.29, 1.82) is 0 Å². The maximum absolute atomic E-state index is 13.2. The number of ether oxygens (including phenoxy) is 1. The van der Waals surface area contributed by atoms with Gasteiger partial charge in [0.1, 0.15) is 5.60 Å². The summed E-state index contributed by atoms with van der Waals surface area (Å²) in [6.07, 6.45) is -1.40. The van der Waals surface area contributed by atoms with Crippen LogP contribution in [0.1, 0.15) is 44.7 Å². The Balaban J connectivity index is 1.80. The number of amides is 1. The number of alkyl halides is 3. The highest BCUT2D eigenvalue weighted by Crippen LogP contribution is 2.54. The van der Waals surface area contributed by atoms with E-state index >= 15 is 0 Å². The summed E-state index contributed by atoms with van der Waals surface area (Å²) in [5.74, 6) is -1.07. The third kappa shape index (κ3) is 4.98. The number of nitrogens with zero attached hydrogens (tertiary/aromatic N) is 1. The highest BCUT2D eigenvalue weighted by molar-refractivity contribution is 7.87. The maximum Gasteiger partial charge on any atom is 0.523 e. The van der Waals surface area contributed by atoms with E-state index in [4.69, 9.17) is 8.92 Å². The normalized spacial score (nSPS) is 24.3. The Morgan fingerprint density at radius 1 is 0.944 bits per heavy atom. The lowest BCUT2D eigenvalue weighted by atomic mass is 9.56. The smallest absolute Gasteiger partial charge is 0.444 e. The molecular formula is C26H30F3NO5S. The van der Waals surface area contributed by atoms with Crippen LogP contribution in [0.3, 0.4) is 0 Å². The molecule has 0 spiro atoms. The number of fused-ring (bicyclic) bond motifs is 1. The van der Waals surface area contributed by atoms with E-state index in [-0.39, 0.29) is 19.5 Å². The van der Waals surface area contributed by atoms with Gasteiger partial charge in [-0.25, -0.2) is 4.79 Å². The molecule has 1 aliphatic heterocycles. The van der Waals surface area contributed by atoms with E-state index in [0.717, 1.165) is 11.1 Å². The van der Waals surface area contributed by atoms with Gasteiger partial charge >= 0.3 is 21.7 Å². The van der Waals surface area contributed by atoms with Gasteiger partial charge in [-0.1, -0.05) is 60.7 Å². The summed E-state index contributed by atoms with van der Waals surface area (Å²) >= 11 is 0. The first-order valence-electron chi connectivity index (χ1n) is 11.8. The van der Waals surface area contributed by atoms with Gasteiger partial charge in [-0.3, -0.25) is 4.18 Å². The maximum atomic E-state index is 13.2. The minimum Gasteiger partial charge on any atom is -0.444 e. The van der Waals surface area contributed by atoms with Gasteiger partial charge in [0.15, 0.2) is 0 Å². The topological polar surface area (TPSA) is 72.9 Å². The minimum atomic E-state index is -5.80. The molecule has 0 aromatic heterocycles. The molecule has 1 saturated carbocycles. The molecule has 0 bridgehead atoms. The van der Waals surface area contributed by atoms with Gasteiger partial charge < -0.3 is 9.64 Å². The van der Waals surface area contributed by atoms with E-state index in [9.17, 15) is 26.4 Å². The van der Waals surface area contributed by atoms with E-state index in [1.54, 1.807) is 20.8 Å². The number of carbonyl (C=O) groups is 1. The molecule has 2 fully saturated rings. The van der Waals surface area contributed by atoms with E-state index in [2.05, 4.69) is 0 Å². The minimum absolute atomic E-state index is 0.0268. The number of likely N-dealkylation sites (tertiary alicyclic amines) is 1. The van der Waals surface area contributed by atoms with Gasteiger partial charge in [0.2, 0.25) is 0 Å². The molecule has 3 unspecified atom stereocenters. The van der Waals surface area contributed by atoms with Crippen LogP contribution in [0, 0.1) is 11.8 Å². The van der Waals surface area contributed by atoms with Crippen molar-refractivity contribution in [2.24, 2.45) is 11.8 Å². The van der Waals surface area contributed by atoms with Gasteiger partial charge in [-0.05, 0) is 50.7 Å². The van der Waals surface area contributed by atoms with Gasteiger partial charge in [0.25, 0.3) is 0 Å². The van der Waals surface area contributed by atoms with Crippen LogP contribution in [-0.2, 0) is 24.5 Å². The van der Waals surface area contributed by atoms with Crippen LogP contribution >= 0.6 is 0 Å². The standard InChI is InChI=1S/C26H30F3NO5S/c1-24(2,3)34-23(31)30-16-20-21(17-30)25(18-10-6-4-7-11-18,19-12-8-5-9-13-19)15-14-22(20)35-36(32,33)26(27,28)29/h4-13,20-22H,14-17H2,1-3H3. The fourth-order valence-corrected chi connectivity index (χ4v) is 6.34. The van der Waals surface area contributed by atoms with Crippen LogP contribution in [0.4, 0.5) is 18.0 Å². The molecule has 3 atom stereocenters. The number of benzene rings is 2. The summed E-state index contributed by atoms with van der Waals surface area (Å²) in [5, 5.41) is 0. The second-order valence-electron chi connectivity index (χ2n) is 10.4. The van der Waals surface area contributed by atoms with Crippen molar-refractivity contribution in [3.8, 4) is 0 Å². The molecule has 1 amide bonds. The Bertz CT molecular complexity index is 1140. The van der Waals surface area contributed by atoms with Gasteiger partial charge in [0.05, 0.1) is 6.10 Å². The summed E-state index contributed by atoms with van der Waals surface area (Å²) < 4.78 is 73.9. The summed E-state index contributed by atoms with van der Waals surface area (Å²) in [4.78, 5) is 14.5. The monoisotopic (exact) mass is 525 g/mol. The number of halogens is 3. The van der Waals surface area contributed by atoms with Crippen molar-refractivity contribution in [2.75, 3.05) is 13.1 Å². The zero-order chi connectivity index (χ0) is 26.4. The van der Waals surface area contributed by atoms with Gasteiger partial charge in [0, 0.05) is 24.4 Å². The van der Waals surface area contributed by atoms with E-state index in [0.29, 0.717) is 6.42 Å². The van der Waals surface area contributed by atoms with Crippen LogP contribution in [0.2, 0.25) is 0 Å². The van der Waals surface area contributed by atoms with E-state index < -0.39 is 50.7 Å². The highest BCUT2D eigenvalue weighted by atomic mass is 32.2. The molecule has 6 nitrogen and oxygen atoms in total. The molecule has 2 aromatic rings. The third-order valence-electron chi connectivity index (χ3n) is 7.06. The summed E-state index contributed by atoms with van der Waals surface area (Å²) in [5.41, 5.74) is -5.05. The molecule has 1 aliphatic carbocycles. The second-order valence-corrected chi connectivity index (χ2v) is 12.0. The lowest BCUT2D eigenvalue weighted by Gasteiger charge is -2.48. The van der Waals surface area contributed by atoms with E-state index in [1.165, 1.54) is 4.90 Å². The molecule has 4 rings (SSSR count). The fraction of sp³-hybridized carbons (Fsp3) is 0.500. The van der Waals surface area contributed by atoms with Crippen LogP contribution < -0.4 is 0 Å². The van der Waals surface area contributed by atoms with Crippen molar-refractivity contribution in [1.82, 2.24) is 4.90 Å². The van der Waals surface area contributed by atoms with Crippen LogP contribution in [-0.4, -0.2) is 49.7 Å². The summed E-state index contributed by atoms with van der Waals surface area (Å²) in [7, 11) is -5.80. The Kier molecular flexibility index (Phi) is 6.89. The molecule has 0 radical (unpaired) electrons. The first-order valence-corrected chi connectivity index (χ1v) is 13.2. The molecule has 36 heavy (non-hydrogen) atoms. The zero-order valence-electron chi connectivity index (χ0n) is 20.4. The molecule has 1 saturated heterocycles. The average molecular weight is 526 g/mol. The third-order valence-corrected chi connectivity index (χ3v) is 8.13. The Labute approximate surface area is 209 Å². The zero-order valence-corrected chi connectivity index (χ0v) is 21.2. The molecule has 2 aromatic carbocycles. The predicted octanol–water partition coefficient (Wildman–Crippen LogP) is 5.48. The SMILES string of the molecule is CC(C)(C)OC(=O)N1CC2C(OS(=O)(=O)C(F)(F)F)CCC(c3ccccc3)(c3ccccc3)C2C1. The number of hydrogen-bond donors (Lipinski definition) is 0. The molecule has 1 heterocycles. The average Bonchev–Trinajstić information content (AvgIpc) is 3.25. The largest absolute Gasteiger partial charge is 0.523 e. The summed E-state index contributed by atoms with van der Waals surface area (Å²) in [6, 6.07) is 19.2. The number of hydrogen-bond acceptors (Lipinski definition) is 5. The van der Waals surface area contributed by atoms with Crippen LogP contribution in [0.5, 0.6) is 0 Å². The molecule has 0 N–H and O–H groups in total. The lowest BCUT2D eigenvalue weighted by molar-refractivity contribution is -0.0638. The van der Waals surface area contributed by atoms with E-state index in [1.807, 2.05) is 60.7 Å². The van der Waals surface area contributed by atoms with Crippen molar-refractivity contribution in [2.45, 2.75) is 56.2 Å². The summed E-state index contributed by atoms with van der Waals surface area (Å²) in [6.45, 7) is 5.41. The first-order chi connectivity index (χ1) is 16.7. The second kappa shape index (κ2) is 9.37. The van der Waals surface area contributed by atoms with Crippen molar-refractivity contribution in [3.05, 3.63) is 71.8 Å². The first kappa shape index (κ1) is 26.5. The predicted molar refractivity (Wildman–Crippen MR) is 128 cm³/mol. The lowest BCUT2D eigenvalue weighted by Crippen LogP contribution is -2.50. The van der Waals surface area contributed by atoms with Crippen molar-refractivity contribution in [3.63, 3.8) is 0 Å². The molecular weight excluding hydrogens is 495 g/mol. The Morgan fingerprint density at radius 2 is 1.47 bits per heavy atom. The molecule has 10 heteroatoms. The fourth-order valence-electron chi connectivity index (χ4n) is 5.66. The van der Waals surface area contributed by atoms with Crippen molar-refractivity contribution < 1.29 is 35.3 Å². The molecule has 2 aliphatic rings. The van der Waals surface area contributed by atoms with Gasteiger partial charge in [-0.2, -0.15) is 21.6 Å². The number of carbonyl (C=O) groups excluding carboxylic acids is 1. The van der Waals surface area contributed by atoms with Crippen molar-refractivity contribution >= 4 is 16.2 Å². The van der Waals surface area contributed by atoms with Crippen LogP contribution in [0.25, 0.3) is 0 Å². The quantitative estimate of drug-likeness (QED) is 0.390. The number of rotatable bonds is 4. The van der Waals surface area contributed by atoms with Crippen LogP contribution in [0.15, 0.2) is 60.7 Å². The Morgan fingerprint density at radius 3 is 1.94 bits per heavy atom. The Hall–Kier alpha value is -2.59. The van der Waals surface area contributed by atoms with Gasteiger partial charge in [-0.15, -0.1) is 0 Å². The molecule has 196 valence electrons.